The van der Waals surface area contributed by atoms with Crippen LogP contribution in [0.2, 0.25) is 0 Å². The molecule has 1 aliphatic heterocycles. The van der Waals surface area contributed by atoms with Crippen LogP contribution in [-0.2, 0) is 9.59 Å². The number of hydrogen-bond acceptors (Lipinski definition) is 4. The number of benzene rings is 2. The Morgan fingerprint density at radius 2 is 1.41 bits per heavy atom. The van der Waals surface area contributed by atoms with Gasteiger partial charge in [0.2, 0.25) is 0 Å². The average molecular weight is 292 g/mol. The molecule has 0 fully saturated rings. The van der Waals surface area contributed by atoms with Gasteiger partial charge in [-0.2, -0.15) is 0 Å². The number of anilines is 1. The van der Waals surface area contributed by atoms with E-state index in [1.807, 2.05) is 0 Å². The van der Waals surface area contributed by atoms with Gasteiger partial charge in [0, 0.05) is 5.56 Å². The van der Waals surface area contributed by atoms with Gasteiger partial charge in [0.25, 0.3) is 5.91 Å². The topological polar surface area (TPSA) is 81.5 Å². The average Bonchev–Trinajstić information content (AvgIpc) is 2.78. The Labute approximate surface area is 126 Å². The molecule has 0 aromatic heterocycles. The summed E-state index contributed by atoms with van der Waals surface area (Å²) in [6.07, 6.45) is 0. The van der Waals surface area contributed by atoms with Crippen molar-refractivity contribution in [1.29, 1.82) is 5.41 Å². The highest BCUT2D eigenvalue weighted by Gasteiger charge is 2.41. The molecule has 0 saturated carbocycles. The first-order valence-electron chi connectivity index (χ1n) is 6.62. The van der Waals surface area contributed by atoms with Crippen LogP contribution >= 0.6 is 0 Å². The summed E-state index contributed by atoms with van der Waals surface area (Å²) in [4.78, 5) is 25.5. The molecule has 2 amide bonds. The molecule has 2 aromatic rings. The summed E-state index contributed by atoms with van der Waals surface area (Å²) in [5.41, 5.74) is 0.370. The Morgan fingerprint density at radius 1 is 0.864 bits per heavy atom. The minimum Gasteiger partial charge on any atom is -0.502 e. The number of aliphatic hydroxyl groups is 1. The normalized spacial score (nSPS) is 14.6. The molecule has 3 rings (SSSR count). The number of nitrogens with one attached hydrogen (secondary N) is 1. The second kappa shape index (κ2) is 5.29. The van der Waals surface area contributed by atoms with Crippen molar-refractivity contribution < 1.29 is 14.7 Å². The van der Waals surface area contributed by atoms with E-state index in [0.29, 0.717) is 11.3 Å². The maximum atomic E-state index is 12.5. The van der Waals surface area contributed by atoms with Crippen LogP contribution in [0.15, 0.2) is 72.0 Å². The van der Waals surface area contributed by atoms with Gasteiger partial charge in [0.1, 0.15) is 5.57 Å². The minimum absolute atomic E-state index is 0.171. The first-order chi connectivity index (χ1) is 10.6. The van der Waals surface area contributed by atoms with Gasteiger partial charge in [-0.15, -0.1) is 0 Å². The highest BCUT2D eigenvalue weighted by Crippen LogP contribution is 2.27. The smallest absolute Gasteiger partial charge is 0.301 e. The lowest BCUT2D eigenvalue weighted by Crippen LogP contribution is -2.32. The van der Waals surface area contributed by atoms with E-state index in [1.54, 1.807) is 60.7 Å². The molecule has 2 aromatic carbocycles. The van der Waals surface area contributed by atoms with E-state index < -0.39 is 17.6 Å². The highest BCUT2D eigenvalue weighted by atomic mass is 16.3. The third-order valence-corrected chi connectivity index (χ3v) is 3.39. The summed E-state index contributed by atoms with van der Waals surface area (Å²) in [5, 5.41) is 18.1. The van der Waals surface area contributed by atoms with E-state index in [2.05, 4.69) is 0 Å². The number of nitrogens with zero attached hydrogens (tertiary/aromatic N) is 1. The van der Waals surface area contributed by atoms with Gasteiger partial charge in [-0.05, 0) is 12.1 Å². The van der Waals surface area contributed by atoms with Gasteiger partial charge >= 0.3 is 5.91 Å². The zero-order valence-corrected chi connectivity index (χ0v) is 11.5. The molecule has 108 valence electrons. The number of para-hydroxylation sites is 1. The van der Waals surface area contributed by atoms with Gasteiger partial charge in [-0.1, -0.05) is 48.5 Å². The zero-order valence-electron chi connectivity index (χ0n) is 11.5. The lowest BCUT2D eigenvalue weighted by atomic mass is 10.0. The molecule has 0 saturated heterocycles. The fraction of sp³-hybridized carbons (Fsp3) is 0. The van der Waals surface area contributed by atoms with Crippen molar-refractivity contribution >= 4 is 23.2 Å². The molecule has 5 nitrogen and oxygen atoms in total. The lowest BCUT2D eigenvalue weighted by Gasteiger charge is -2.14. The summed E-state index contributed by atoms with van der Waals surface area (Å²) < 4.78 is 0. The molecule has 0 bridgehead atoms. The number of aliphatic hydroxyl groups excluding tert-OH is 1. The predicted molar refractivity (Wildman–Crippen MR) is 81.9 cm³/mol. The highest BCUT2D eigenvalue weighted by molar-refractivity contribution is 6.43. The Morgan fingerprint density at radius 3 is 2.00 bits per heavy atom. The van der Waals surface area contributed by atoms with Crippen LogP contribution in [0.4, 0.5) is 5.69 Å². The Kier molecular flexibility index (Phi) is 3.31. The minimum atomic E-state index is -0.813. The van der Waals surface area contributed by atoms with Crippen LogP contribution < -0.4 is 4.90 Å². The first kappa shape index (κ1) is 13.8. The van der Waals surface area contributed by atoms with Crippen LogP contribution in [-0.4, -0.2) is 22.6 Å². The van der Waals surface area contributed by atoms with Crippen LogP contribution in [0.3, 0.4) is 0 Å². The van der Waals surface area contributed by atoms with Crippen LogP contribution in [0.25, 0.3) is 0 Å². The molecular weight excluding hydrogens is 280 g/mol. The second-order valence-corrected chi connectivity index (χ2v) is 4.75. The predicted octanol–water partition coefficient (Wildman–Crippen LogP) is 2.44. The summed E-state index contributed by atoms with van der Waals surface area (Å²) in [6.45, 7) is 0. The van der Waals surface area contributed by atoms with Gasteiger partial charge in [-0.3, -0.25) is 15.0 Å². The van der Waals surface area contributed by atoms with Crippen molar-refractivity contribution in [3.8, 4) is 0 Å². The summed E-state index contributed by atoms with van der Waals surface area (Å²) in [6, 6.07) is 16.8. The summed E-state index contributed by atoms with van der Waals surface area (Å²) in [5.74, 6) is -2.20. The van der Waals surface area contributed by atoms with Crippen LogP contribution in [0.1, 0.15) is 5.56 Å². The SMILES string of the molecule is N=C(C1=C(O)C(=O)N(c2ccccc2)C1=O)c1ccccc1. The first-order valence-corrected chi connectivity index (χ1v) is 6.62. The van der Waals surface area contributed by atoms with Crippen molar-refractivity contribution in [1.82, 2.24) is 0 Å². The van der Waals surface area contributed by atoms with E-state index in [0.717, 1.165) is 4.90 Å². The van der Waals surface area contributed by atoms with Crippen molar-refractivity contribution in [3.63, 3.8) is 0 Å². The number of imide groups is 1. The molecular formula is C17H12N2O3. The van der Waals surface area contributed by atoms with Crippen molar-refractivity contribution in [2.24, 2.45) is 0 Å². The van der Waals surface area contributed by atoms with Crippen molar-refractivity contribution in [3.05, 3.63) is 77.6 Å². The van der Waals surface area contributed by atoms with Gasteiger partial charge in [0.15, 0.2) is 5.76 Å². The number of amides is 2. The van der Waals surface area contributed by atoms with Gasteiger partial charge in [-0.25, -0.2) is 4.90 Å². The number of hydrogen-bond donors (Lipinski definition) is 2. The van der Waals surface area contributed by atoms with Gasteiger partial charge in [0.05, 0.1) is 11.4 Å². The molecule has 1 aliphatic rings. The van der Waals surface area contributed by atoms with E-state index in [1.165, 1.54) is 0 Å². The Bertz CT molecular complexity index is 795. The lowest BCUT2D eigenvalue weighted by molar-refractivity contribution is -0.121. The third-order valence-electron chi connectivity index (χ3n) is 3.39. The molecule has 0 unspecified atom stereocenters. The molecule has 1 heterocycles. The van der Waals surface area contributed by atoms with E-state index >= 15 is 0 Å². The zero-order chi connectivity index (χ0) is 15.7. The van der Waals surface area contributed by atoms with E-state index in [-0.39, 0.29) is 11.3 Å². The fourth-order valence-corrected chi connectivity index (χ4v) is 2.30. The molecule has 2 N–H and O–H groups in total. The Hall–Kier alpha value is -3.21. The molecule has 5 heteroatoms. The van der Waals surface area contributed by atoms with E-state index in [4.69, 9.17) is 5.41 Å². The van der Waals surface area contributed by atoms with Crippen LogP contribution in [0, 0.1) is 5.41 Å². The second-order valence-electron chi connectivity index (χ2n) is 4.75. The third kappa shape index (κ3) is 2.09. The maximum Gasteiger partial charge on any atom is 0.301 e. The quantitative estimate of drug-likeness (QED) is 0.673. The molecule has 22 heavy (non-hydrogen) atoms. The molecule has 0 atom stereocenters. The number of rotatable bonds is 3. The van der Waals surface area contributed by atoms with E-state index in [9.17, 15) is 14.7 Å². The summed E-state index contributed by atoms with van der Waals surface area (Å²) in [7, 11) is 0. The fourth-order valence-electron chi connectivity index (χ4n) is 2.30. The van der Waals surface area contributed by atoms with Crippen molar-refractivity contribution in [2.45, 2.75) is 0 Å². The molecule has 0 spiro atoms. The number of carbonyl (C=O) groups is 2. The molecule has 0 radical (unpaired) electrons. The largest absolute Gasteiger partial charge is 0.502 e. The summed E-state index contributed by atoms with van der Waals surface area (Å²) >= 11 is 0. The van der Waals surface area contributed by atoms with Crippen molar-refractivity contribution in [2.75, 3.05) is 4.90 Å². The monoisotopic (exact) mass is 292 g/mol. The van der Waals surface area contributed by atoms with Crippen LogP contribution in [0.5, 0.6) is 0 Å². The maximum absolute atomic E-state index is 12.5. The molecule has 0 aliphatic carbocycles. The van der Waals surface area contributed by atoms with Gasteiger partial charge < -0.3 is 5.11 Å². The standard InChI is InChI=1S/C17H12N2O3/c18-14(11-7-3-1-4-8-11)13-15(20)17(22)19(16(13)21)12-9-5-2-6-10-12/h1-10,18,20H. The Balaban J connectivity index is 2.01. The number of carbonyl (C=O) groups excluding carboxylic acids is 2.